The molecule has 1 saturated carbocycles. The van der Waals surface area contributed by atoms with Gasteiger partial charge in [0, 0.05) is 14.7 Å². The Balaban J connectivity index is 2.35. The molecular formula is C11H14BrNO2S. The summed E-state index contributed by atoms with van der Waals surface area (Å²) in [7, 11) is 3.89. The number of hydrogen-bond acceptors (Lipinski definition) is 3. The average Bonchev–Trinajstić information content (AvgIpc) is 2.85. The predicted octanol–water partition coefficient (Wildman–Crippen LogP) is 2.98. The molecule has 1 aromatic rings. The van der Waals surface area contributed by atoms with Gasteiger partial charge in [0.2, 0.25) is 0 Å². The zero-order valence-electron chi connectivity index (χ0n) is 9.24. The van der Waals surface area contributed by atoms with Crippen LogP contribution in [0.15, 0.2) is 15.9 Å². The van der Waals surface area contributed by atoms with Crippen LogP contribution in [-0.2, 0) is 4.79 Å². The van der Waals surface area contributed by atoms with E-state index < -0.39 is 11.4 Å². The van der Waals surface area contributed by atoms with Crippen LogP contribution in [0.25, 0.3) is 0 Å². The van der Waals surface area contributed by atoms with Crippen molar-refractivity contribution in [1.29, 1.82) is 0 Å². The third kappa shape index (κ3) is 1.92. The van der Waals surface area contributed by atoms with E-state index in [2.05, 4.69) is 15.9 Å². The fourth-order valence-corrected chi connectivity index (χ4v) is 3.99. The van der Waals surface area contributed by atoms with Crippen molar-refractivity contribution < 1.29 is 9.90 Å². The van der Waals surface area contributed by atoms with Gasteiger partial charge in [-0.3, -0.25) is 4.79 Å². The molecule has 1 unspecified atom stereocenters. The highest BCUT2D eigenvalue weighted by Gasteiger charge is 2.57. The van der Waals surface area contributed by atoms with Crippen molar-refractivity contribution in [2.45, 2.75) is 18.9 Å². The molecule has 1 aliphatic carbocycles. The number of aliphatic carboxylic acids is 1. The van der Waals surface area contributed by atoms with Crippen LogP contribution in [-0.4, -0.2) is 30.1 Å². The minimum atomic E-state index is -0.671. The van der Waals surface area contributed by atoms with Gasteiger partial charge in [-0.2, -0.15) is 0 Å². The first-order valence-electron chi connectivity index (χ1n) is 5.11. The first kappa shape index (κ1) is 12.1. The van der Waals surface area contributed by atoms with E-state index in [4.69, 9.17) is 0 Å². The molecule has 16 heavy (non-hydrogen) atoms. The van der Waals surface area contributed by atoms with E-state index >= 15 is 0 Å². The van der Waals surface area contributed by atoms with Crippen molar-refractivity contribution in [2.24, 2.45) is 5.41 Å². The molecule has 1 aromatic heterocycles. The van der Waals surface area contributed by atoms with Gasteiger partial charge >= 0.3 is 5.97 Å². The molecule has 1 N–H and O–H groups in total. The third-order valence-corrected chi connectivity index (χ3v) is 4.86. The second kappa shape index (κ2) is 4.13. The van der Waals surface area contributed by atoms with Gasteiger partial charge in [0.25, 0.3) is 0 Å². The van der Waals surface area contributed by atoms with Gasteiger partial charge in [0.05, 0.1) is 11.5 Å². The first-order chi connectivity index (χ1) is 7.47. The lowest BCUT2D eigenvalue weighted by atomic mass is 9.94. The molecule has 5 heteroatoms. The van der Waals surface area contributed by atoms with Gasteiger partial charge in [0.15, 0.2) is 0 Å². The Hall–Kier alpha value is -0.390. The van der Waals surface area contributed by atoms with Crippen LogP contribution in [0.2, 0.25) is 0 Å². The average molecular weight is 304 g/mol. The first-order valence-corrected chi connectivity index (χ1v) is 6.78. The number of nitrogens with zero attached hydrogens (tertiary/aromatic N) is 1. The summed E-state index contributed by atoms with van der Waals surface area (Å²) in [5.41, 5.74) is -0.562. The van der Waals surface area contributed by atoms with Crippen LogP contribution >= 0.6 is 27.3 Å². The number of hydrogen-bond donors (Lipinski definition) is 1. The molecule has 2 rings (SSSR count). The second-order valence-corrected chi connectivity index (χ2v) is 6.35. The molecule has 0 aliphatic heterocycles. The topological polar surface area (TPSA) is 40.5 Å². The number of carbonyl (C=O) groups is 1. The highest BCUT2D eigenvalue weighted by atomic mass is 79.9. The summed E-state index contributed by atoms with van der Waals surface area (Å²) in [6.07, 6.45) is 1.56. The zero-order valence-corrected chi connectivity index (χ0v) is 11.6. The fourth-order valence-electron chi connectivity index (χ4n) is 2.23. The van der Waals surface area contributed by atoms with E-state index in [-0.39, 0.29) is 6.04 Å². The van der Waals surface area contributed by atoms with E-state index in [0.717, 1.165) is 22.2 Å². The molecule has 88 valence electrons. The van der Waals surface area contributed by atoms with Crippen molar-refractivity contribution in [3.05, 3.63) is 20.8 Å². The highest BCUT2D eigenvalue weighted by Crippen LogP contribution is 2.57. The Morgan fingerprint density at radius 1 is 1.62 bits per heavy atom. The molecule has 1 aliphatic rings. The van der Waals surface area contributed by atoms with Gasteiger partial charge in [-0.15, -0.1) is 11.3 Å². The largest absolute Gasteiger partial charge is 0.481 e. The van der Waals surface area contributed by atoms with Crippen molar-refractivity contribution in [2.75, 3.05) is 14.1 Å². The lowest BCUT2D eigenvalue weighted by molar-refractivity contribution is -0.146. The maximum Gasteiger partial charge on any atom is 0.311 e. The van der Waals surface area contributed by atoms with Gasteiger partial charge < -0.3 is 10.0 Å². The summed E-state index contributed by atoms with van der Waals surface area (Å²) in [5, 5.41) is 11.4. The maximum absolute atomic E-state index is 11.4. The molecule has 0 saturated heterocycles. The van der Waals surface area contributed by atoms with Gasteiger partial charge in [-0.05, 0) is 48.9 Å². The van der Waals surface area contributed by atoms with E-state index in [9.17, 15) is 9.90 Å². The number of thiophene rings is 1. The van der Waals surface area contributed by atoms with Crippen LogP contribution in [0.5, 0.6) is 0 Å². The molecule has 0 bridgehead atoms. The molecule has 0 spiro atoms. The van der Waals surface area contributed by atoms with Crippen LogP contribution in [0.1, 0.15) is 23.8 Å². The lowest BCUT2D eigenvalue weighted by Crippen LogP contribution is -2.33. The van der Waals surface area contributed by atoms with E-state index in [1.807, 2.05) is 30.4 Å². The van der Waals surface area contributed by atoms with Crippen molar-refractivity contribution in [3.63, 3.8) is 0 Å². The Morgan fingerprint density at radius 2 is 2.25 bits per heavy atom. The summed E-state index contributed by atoms with van der Waals surface area (Å²) in [4.78, 5) is 14.5. The molecule has 0 aromatic carbocycles. The zero-order chi connectivity index (χ0) is 11.9. The summed E-state index contributed by atoms with van der Waals surface area (Å²) >= 11 is 5.04. The minimum Gasteiger partial charge on any atom is -0.481 e. The molecule has 1 atom stereocenters. The van der Waals surface area contributed by atoms with Crippen LogP contribution in [0.4, 0.5) is 0 Å². The van der Waals surface area contributed by atoms with Crippen LogP contribution in [0, 0.1) is 5.41 Å². The number of halogens is 1. The lowest BCUT2D eigenvalue weighted by Gasteiger charge is -2.29. The highest BCUT2D eigenvalue weighted by molar-refractivity contribution is 9.10. The summed E-state index contributed by atoms with van der Waals surface area (Å²) in [5.74, 6) is -0.671. The number of carboxylic acids is 1. The van der Waals surface area contributed by atoms with E-state index in [1.165, 1.54) is 0 Å². The smallest absolute Gasteiger partial charge is 0.311 e. The Labute approximate surface area is 107 Å². The maximum atomic E-state index is 11.4. The van der Waals surface area contributed by atoms with Crippen molar-refractivity contribution in [3.8, 4) is 0 Å². The standard InChI is InChI=1S/C11H14BrNO2S/c1-13(2)9(8-5-7(12)6-16-8)11(3-4-11)10(14)15/h5-6,9H,3-4H2,1-2H3,(H,14,15). The SMILES string of the molecule is CN(C)C(c1cc(Br)cs1)C1(C(=O)O)CC1. The molecule has 0 amide bonds. The van der Waals surface area contributed by atoms with E-state index in [0.29, 0.717) is 0 Å². The van der Waals surface area contributed by atoms with Crippen LogP contribution in [0.3, 0.4) is 0 Å². The van der Waals surface area contributed by atoms with Gasteiger partial charge in [-0.25, -0.2) is 0 Å². The molecular weight excluding hydrogens is 290 g/mol. The normalized spacial score (nSPS) is 19.8. The summed E-state index contributed by atoms with van der Waals surface area (Å²) < 4.78 is 1.03. The molecule has 1 heterocycles. The molecule has 1 fully saturated rings. The number of carboxylic acid groups (broad SMARTS) is 1. The minimum absolute atomic E-state index is 0.0127. The predicted molar refractivity (Wildman–Crippen MR) is 67.7 cm³/mol. The van der Waals surface area contributed by atoms with E-state index in [1.54, 1.807) is 11.3 Å². The summed E-state index contributed by atoms with van der Waals surface area (Å²) in [6.45, 7) is 0. The Kier molecular flexibility index (Phi) is 3.11. The van der Waals surface area contributed by atoms with Crippen LogP contribution < -0.4 is 0 Å². The fraction of sp³-hybridized carbons (Fsp3) is 0.545. The third-order valence-electron chi connectivity index (χ3n) is 3.11. The van der Waals surface area contributed by atoms with Gasteiger partial charge in [0.1, 0.15) is 0 Å². The summed E-state index contributed by atoms with van der Waals surface area (Å²) in [6, 6.07) is 2.01. The van der Waals surface area contributed by atoms with Gasteiger partial charge in [-0.1, -0.05) is 0 Å². The Morgan fingerprint density at radius 3 is 2.56 bits per heavy atom. The second-order valence-electron chi connectivity index (χ2n) is 4.49. The van der Waals surface area contributed by atoms with Crippen molar-refractivity contribution in [1.82, 2.24) is 4.90 Å². The van der Waals surface area contributed by atoms with Crippen molar-refractivity contribution >= 4 is 33.2 Å². The molecule has 0 radical (unpaired) electrons. The number of rotatable bonds is 4. The quantitative estimate of drug-likeness (QED) is 0.929. The monoisotopic (exact) mass is 303 g/mol. The Bertz CT molecular complexity index is 412. The molecule has 3 nitrogen and oxygen atoms in total.